The first-order chi connectivity index (χ1) is 7.72. The van der Waals surface area contributed by atoms with Gasteiger partial charge in [0.1, 0.15) is 6.10 Å². The fraction of sp³-hybridized carbons (Fsp3) is 0.500. The summed E-state index contributed by atoms with van der Waals surface area (Å²) in [4.78, 5) is 11.4. The first-order valence-electron chi connectivity index (χ1n) is 5.87. The molecule has 2 nitrogen and oxygen atoms in total. The highest BCUT2D eigenvalue weighted by atomic mass is 16.5. The van der Waals surface area contributed by atoms with Gasteiger partial charge in [-0.15, -0.1) is 0 Å². The van der Waals surface area contributed by atoms with Gasteiger partial charge in [-0.3, -0.25) is 4.79 Å². The lowest BCUT2D eigenvalue weighted by molar-refractivity contribution is -0.126. The molecule has 16 heavy (non-hydrogen) atoms. The number of carbonyl (C=O) groups is 1. The molecule has 0 saturated carbocycles. The number of hydrogen-bond acceptors (Lipinski definition) is 2. The second-order valence-electron chi connectivity index (χ2n) is 4.46. The summed E-state index contributed by atoms with van der Waals surface area (Å²) in [7, 11) is 1.59. The minimum Gasteiger partial charge on any atom is -0.369 e. The van der Waals surface area contributed by atoms with Crippen LogP contribution in [0.2, 0.25) is 0 Å². The van der Waals surface area contributed by atoms with E-state index in [1.165, 1.54) is 30.4 Å². The average molecular weight is 218 g/mol. The van der Waals surface area contributed by atoms with E-state index in [1.807, 2.05) is 6.07 Å². The van der Waals surface area contributed by atoms with Crippen molar-refractivity contribution >= 4 is 5.78 Å². The molecule has 0 spiro atoms. The lowest BCUT2D eigenvalue weighted by atomic mass is 9.89. The van der Waals surface area contributed by atoms with Crippen LogP contribution >= 0.6 is 0 Å². The normalized spacial score (nSPS) is 16.6. The monoisotopic (exact) mass is 218 g/mol. The predicted octanol–water partition coefficient (Wildman–Crippen LogP) is 2.84. The number of Topliss-reactive ketones (excluding diaryl/α,β-unsaturated/α-hetero) is 1. The Morgan fingerprint density at radius 1 is 1.25 bits per heavy atom. The zero-order chi connectivity index (χ0) is 11.5. The number of ketones is 1. The second kappa shape index (κ2) is 4.79. The third kappa shape index (κ3) is 2.17. The Balaban J connectivity index is 2.32. The number of fused-ring (bicyclic) bond motifs is 1. The molecule has 2 rings (SSSR count). The molecule has 0 saturated heterocycles. The third-order valence-corrected chi connectivity index (χ3v) is 3.28. The molecule has 1 atom stereocenters. The molecule has 0 aromatic heterocycles. The van der Waals surface area contributed by atoms with Gasteiger partial charge in [-0.25, -0.2) is 0 Å². The van der Waals surface area contributed by atoms with Crippen molar-refractivity contribution in [2.24, 2.45) is 0 Å². The standard InChI is InChI=1S/C14H18O2/c1-10(15)14(16-2)13-8-7-11-5-3-4-6-12(11)9-13/h7-9,14H,3-6H2,1-2H3. The molecule has 1 aliphatic rings. The van der Waals surface area contributed by atoms with E-state index in [-0.39, 0.29) is 5.78 Å². The number of methoxy groups -OCH3 is 1. The molecular formula is C14H18O2. The third-order valence-electron chi connectivity index (χ3n) is 3.28. The molecule has 0 heterocycles. The maximum atomic E-state index is 11.4. The van der Waals surface area contributed by atoms with Crippen LogP contribution < -0.4 is 0 Å². The molecule has 1 aromatic carbocycles. The number of hydrogen-bond donors (Lipinski definition) is 0. The number of carbonyl (C=O) groups excluding carboxylic acids is 1. The number of rotatable bonds is 3. The summed E-state index contributed by atoms with van der Waals surface area (Å²) in [6.45, 7) is 1.58. The molecule has 1 aromatic rings. The molecule has 0 N–H and O–H groups in total. The van der Waals surface area contributed by atoms with Gasteiger partial charge >= 0.3 is 0 Å². The molecule has 0 fully saturated rings. The van der Waals surface area contributed by atoms with Crippen molar-refractivity contribution in [3.8, 4) is 0 Å². The number of benzene rings is 1. The number of ether oxygens (including phenoxy) is 1. The van der Waals surface area contributed by atoms with Gasteiger partial charge in [0.2, 0.25) is 0 Å². The summed E-state index contributed by atoms with van der Waals surface area (Å²) in [6.07, 6.45) is 4.46. The summed E-state index contributed by atoms with van der Waals surface area (Å²) in [5, 5.41) is 0. The lowest BCUT2D eigenvalue weighted by Gasteiger charge is -2.19. The van der Waals surface area contributed by atoms with Gasteiger partial charge < -0.3 is 4.74 Å². The fourth-order valence-electron chi connectivity index (χ4n) is 2.45. The zero-order valence-electron chi connectivity index (χ0n) is 9.95. The van der Waals surface area contributed by atoms with E-state index in [4.69, 9.17) is 4.74 Å². The van der Waals surface area contributed by atoms with Gasteiger partial charge in [0.25, 0.3) is 0 Å². The van der Waals surface area contributed by atoms with Crippen molar-refractivity contribution in [1.82, 2.24) is 0 Å². The maximum Gasteiger partial charge on any atom is 0.163 e. The van der Waals surface area contributed by atoms with Crippen molar-refractivity contribution < 1.29 is 9.53 Å². The smallest absolute Gasteiger partial charge is 0.163 e. The van der Waals surface area contributed by atoms with Crippen molar-refractivity contribution in [3.05, 3.63) is 34.9 Å². The Morgan fingerprint density at radius 2 is 1.94 bits per heavy atom. The summed E-state index contributed by atoms with van der Waals surface area (Å²) in [5.41, 5.74) is 3.83. The van der Waals surface area contributed by atoms with Crippen molar-refractivity contribution in [1.29, 1.82) is 0 Å². The summed E-state index contributed by atoms with van der Waals surface area (Å²) in [5.74, 6) is 0.0678. The van der Waals surface area contributed by atoms with Crippen LogP contribution in [0.25, 0.3) is 0 Å². The van der Waals surface area contributed by atoms with Crippen LogP contribution in [0.4, 0.5) is 0 Å². The van der Waals surface area contributed by atoms with Crippen LogP contribution in [-0.2, 0) is 22.4 Å². The summed E-state index contributed by atoms with van der Waals surface area (Å²) >= 11 is 0. The highest BCUT2D eigenvalue weighted by Gasteiger charge is 2.18. The predicted molar refractivity (Wildman–Crippen MR) is 63.5 cm³/mol. The zero-order valence-corrected chi connectivity index (χ0v) is 9.95. The largest absolute Gasteiger partial charge is 0.369 e. The Labute approximate surface area is 96.6 Å². The molecule has 1 aliphatic carbocycles. The Morgan fingerprint density at radius 3 is 2.56 bits per heavy atom. The van der Waals surface area contributed by atoms with E-state index in [2.05, 4.69) is 12.1 Å². The molecule has 86 valence electrons. The highest BCUT2D eigenvalue weighted by Crippen LogP contribution is 2.26. The Bertz CT molecular complexity index is 396. The van der Waals surface area contributed by atoms with E-state index >= 15 is 0 Å². The minimum absolute atomic E-state index is 0.0678. The molecule has 0 amide bonds. The average Bonchev–Trinajstić information content (AvgIpc) is 2.29. The first kappa shape index (κ1) is 11.3. The second-order valence-corrected chi connectivity index (χ2v) is 4.46. The quantitative estimate of drug-likeness (QED) is 0.779. The van der Waals surface area contributed by atoms with Crippen molar-refractivity contribution in [3.63, 3.8) is 0 Å². The van der Waals surface area contributed by atoms with E-state index in [9.17, 15) is 4.79 Å². The van der Waals surface area contributed by atoms with Gasteiger partial charge in [0, 0.05) is 7.11 Å². The van der Waals surface area contributed by atoms with Gasteiger partial charge in [-0.05, 0) is 49.3 Å². The van der Waals surface area contributed by atoms with E-state index in [0.717, 1.165) is 12.0 Å². The SMILES string of the molecule is COC(C(C)=O)c1ccc2c(c1)CCCC2. The summed E-state index contributed by atoms with van der Waals surface area (Å²) < 4.78 is 5.24. The minimum atomic E-state index is -0.396. The van der Waals surface area contributed by atoms with Crippen LogP contribution in [0.3, 0.4) is 0 Å². The number of aryl methyl sites for hydroxylation is 2. The van der Waals surface area contributed by atoms with Gasteiger partial charge in [-0.2, -0.15) is 0 Å². The van der Waals surface area contributed by atoms with E-state index < -0.39 is 6.10 Å². The lowest BCUT2D eigenvalue weighted by Crippen LogP contribution is -2.12. The van der Waals surface area contributed by atoms with Gasteiger partial charge in [0.15, 0.2) is 5.78 Å². The van der Waals surface area contributed by atoms with E-state index in [1.54, 1.807) is 14.0 Å². The van der Waals surface area contributed by atoms with E-state index in [0.29, 0.717) is 0 Å². The first-order valence-corrected chi connectivity index (χ1v) is 5.87. The van der Waals surface area contributed by atoms with Crippen LogP contribution in [0.15, 0.2) is 18.2 Å². The van der Waals surface area contributed by atoms with Crippen LogP contribution in [0.5, 0.6) is 0 Å². The van der Waals surface area contributed by atoms with Crippen LogP contribution in [0, 0.1) is 0 Å². The molecule has 2 heteroatoms. The molecule has 0 bridgehead atoms. The molecular weight excluding hydrogens is 200 g/mol. The van der Waals surface area contributed by atoms with Gasteiger partial charge in [0.05, 0.1) is 0 Å². The van der Waals surface area contributed by atoms with Crippen molar-refractivity contribution in [2.45, 2.75) is 38.7 Å². The molecule has 0 radical (unpaired) electrons. The highest BCUT2D eigenvalue weighted by molar-refractivity contribution is 5.82. The van der Waals surface area contributed by atoms with Crippen LogP contribution in [0.1, 0.15) is 42.6 Å². The van der Waals surface area contributed by atoms with Crippen LogP contribution in [-0.4, -0.2) is 12.9 Å². The summed E-state index contributed by atoms with van der Waals surface area (Å²) in [6, 6.07) is 6.32. The Kier molecular flexibility index (Phi) is 3.39. The maximum absolute atomic E-state index is 11.4. The molecule has 0 aliphatic heterocycles. The van der Waals surface area contributed by atoms with Crippen molar-refractivity contribution in [2.75, 3.05) is 7.11 Å². The molecule has 1 unspecified atom stereocenters. The topological polar surface area (TPSA) is 26.3 Å². The fourth-order valence-corrected chi connectivity index (χ4v) is 2.45. The Hall–Kier alpha value is -1.15. The van der Waals surface area contributed by atoms with Gasteiger partial charge in [-0.1, -0.05) is 18.2 Å².